The van der Waals surface area contributed by atoms with Crippen LogP contribution < -0.4 is 15.4 Å². The van der Waals surface area contributed by atoms with Crippen LogP contribution in [0.3, 0.4) is 0 Å². The first kappa shape index (κ1) is 16.2. The lowest BCUT2D eigenvalue weighted by atomic mass is 10.1. The molecule has 2 aromatic carbocycles. The number of anilines is 1. The molecule has 0 fully saturated rings. The number of ether oxygens (including phenoxy) is 1. The predicted octanol–water partition coefficient (Wildman–Crippen LogP) is 4.27. The summed E-state index contributed by atoms with van der Waals surface area (Å²) >= 11 is 5.25. The van der Waals surface area contributed by atoms with Crippen molar-refractivity contribution >= 4 is 23.0 Å². The molecule has 1 unspecified atom stereocenters. The Balaban J connectivity index is 1.93. The molecule has 0 radical (unpaired) electrons. The van der Waals surface area contributed by atoms with Gasteiger partial charge in [0.05, 0.1) is 12.6 Å². The van der Waals surface area contributed by atoms with Crippen LogP contribution in [0, 0.1) is 5.82 Å². The number of rotatable bonds is 5. The maximum Gasteiger partial charge on any atom is 0.171 e. The summed E-state index contributed by atoms with van der Waals surface area (Å²) in [5.41, 5.74) is 1.71. The Morgan fingerprint density at radius 1 is 1.23 bits per heavy atom. The summed E-state index contributed by atoms with van der Waals surface area (Å²) in [6.07, 6.45) is 0. The molecule has 0 aliphatic carbocycles. The Kier molecular flexibility index (Phi) is 5.72. The molecule has 22 heavy (non-hydrogen) atoms. The van der Waals surface area contributed by atoms with E-state index in [1.54, 1.807) is 12.1 Å². The topological polar surface area (TPSA) is 33.3 Å². The van der Waals surface area contributed by atoms with Gasteiger partial charge in [-0.3, -0.25) is 0 Å². The molecule has 0 spiro atoms. The smallest absolute Gasteiger partial charge is 0.171 e. The molecule has 0 amide bonds. The van der Waals surface area contributed by atoms with Gasteiger partial charge in [-0.1, -0.05) is 18.2 Å². The van der Waals surface area contributed by atoms with Crippen LogP contribution in [0.25, 0.3) is 0 Å². The molecule has 116 valence electrons. The largest absolute Gasteiger partial charge is 0.494 e. The van der Waals surface area contributed by atoms with Crippen LogP contribution in [0.4, 0.5) is 10.1 Å². The van der Waals surface area contributed by atoms with Gasteiger partial charge in [0, 0.05) is 5.69 Å². The van der Waals surface area contributed by atoms with Crippen LogP contribution in [0.5, 0.6) is 5.75 Å². The molecule has 5 heteroatoms. The minimum atomic E-state index is -0.299. The summed E-state index contributed by atoms with van der Waals surface area (Å²) in [7, 11) is 0. The lowest BCUT2D eigenvalue weighted by Gasteiger charge is -2.18. The van der Waals surface area contributed by atoms with E-state index in [9.17, 15) is 4.39 Å². The molecule has 2 rings (SSSR count). The van der Waals surface area contributed by atoms with Crippen LogP contribution in [-0.4, -0.2) is 11.7 Å². The minimum absolute atomic E-state index is 0.0317. The van der Waals surface area contributed by atoms with E-state index in [-0.39, 0.29) is 11.9 Å². The molecule has 0 aliphatic rings. The maximum absolute atomic E-state index is 13.1. The predicted molar refractivity (Wildman–Crippen MR) is 91.8 cm³/mol. The standard InChI is InChI=1S/C17H19FN2OS/c1-3-21-16-9-7-13(8-10-16)12(2)19-17(22)20-15-6-4-5-14(18)11-15/h4-12H,3H2,1-2H3,(H2,19,20,22). The summed E-state index contributed by atoms with van der Waals surface area (Å²) in [5.74, 6) is 0.547. The first-order chi connectivity index (χ1) is 10.6. The van der Waals surface area contributed by atoms with Gasteiger partial charge in [-0.2, -0.15) is 0 Å². The number of nitrogens with one attached hydrogen (secondary N) is 2. The third-order valence-corrected chi connectivity index (χ3v) is 3.34. The van der Waals surface area contributed by atoms with Gasteiger partial charge in [0.1, 0.15) is 11.6 Å². The van der Waals surface area contributed by atoms with E-state index in [1.807, 2.05) is 38.1 Å². The molecular formula is C17H19FN2OS. The second kappa shape index (κ2) is 7.75. The molecule has 2 N–H and O–H groups in total. The van der Waals surface area contributed by atoms with Crippen molar-refractivity contribution in [2.45, 2.75) is 19.9 Å². The van der Waals surface area contributed by atoms with Gasteiger partial charge >= 0.3 is 0 Å². The summed E-state index contributed by atoms with van der Waals surface area (Å²) in [6, 6.07) is 14.1. The van der Waals surface area contributed by atoms with Crippen molar-refractivity contribution in [3.63, 3.8) is 0 Å². The molecular weight excluding hydrogens is 299 g/mol. The first-order valence-corrected chi connectivity index (χ1v) is 7.55. The molecule has 0 aliphatic heterocycles. The van der Waals surface area contributed by atoms with Crippen molar-refractivity contribution in [3.05, 3.63) is 59.9 Å². The second-order valence-electron chi connectivity index (χ2n) is 4.83. The molecule has 1 atom stereocenters. The molecule has 0 heterocycles. The number of halogens is 1. The Hall–Kier alpha value is -2.14. The van der Waals surface area contributed by atoms with E-state index in [4.69, 9.17) is 17.0 Å². The zero-order valence-electron chi connectivity index (χ0n) is 12.6. The molecule has 3 nitrogen and oxygen atoms in total. The quantitative estimate of drug-likeness (QED) is 0.807. The van der Waals surface area contributed by atoms with Crippen LogP contribution in [0.15, 0.2) is 48.5 Å². The third kappa shape index (κ3) is 4.70. The van der Waals surface area contributed by atoms with E-state index in [0.29, 0.717) is 17.4 Å². The second-order valence-corrected chi connectivity index (χ2v) is 5.24. The fraction of sp³-hybridized carbons (Fsp3) is 0.235. The van der Waals surface area contributed by atoms with E-state index in [1.165, 1.54) is 12.1 Å². The van der Waals surface area contributed by atoms with Crippen LogP contribution in [0.2, 0.25) is 0 Å². The lowest BCUT2D eigenvalue weighted by Crippen LogP contribution is -2.30. The Bertz CT molecular complexity index is 631. The van der Waals surface area contributed by atoms with Crippen molar-refractivity contribution in [1.82, 2.24) is 5.32 Å². The van der Waals surface area contributed by atoms with Gasteiger partial charge in [-0.25, -0.2) is 4.39 Å². The summed E-state index contributed by atoms with van der Waals surface area (Å²) in [5, 5.41) is 6.59. The highest BCUT2D eigenvalue weighted by Gasteiger charge is 2.07. The lowest BCUT2D eigenvalue weighted by molar-refractivity contribution is 0.340. The fourth-order valence-corrected chi connectivity index (χ4v) is 2.33. The average molecular weight is 318 g/mol. The van der Waals surface area contributed by atoms with Crippen LogP contribution in [-0.2, 0) is 0 Å². The Morgan fingerprint density at radius 3 is 2.59 bits per heavy atom. The zero-order valence-corrected chi connectivity index (χ0v) is 13.4. The van der Waals surface area contributed by atoms with E-state index >= 15 is 0 Å². The first-order valence-electron chi connectivity index (χ1n) is 7.14. The number of benzene rings is 2. The van der Waals surface area contributed by atoms with Gasteiger partial charge < -0.3 is 15.4 Å². The number of hydrogen-bond acceptors (Lipinski definition) is 2. The van der Waals surface area contributed by atoms with Crippen molar-refractivity contribution in [2.24, 2.45) is 0 Å². The summed E-state index contributed by atoms with van der Waals surface area (Å²) in [6.45, 7) is 4.61. The SMILES string of the molecule is CCOc1ccc(C(C)NC(=S)Nc2cccc(F)c2)cc1. The van der Waals surface area contributed by atoms with E-state index in [2.05, 4.69) is 10.6 Å². The molecule has 0 aromatic heterocycles. The normalized spacial score (nSPS) is 11.6. The minimum Gasteiger partial charge on any atom is -0.494 e. The van der Waals surface area contributed by atoms with E-state index in [0.717, 1.165) is 11.3 Å². The van der Waals surface area contributed by atoms with Gasteiger partial charge in [0.2, 0.25) is 0 Å². The average Bonchev–Trinajstić information content (AvgIpc) is 2.48. The number of thiocarbonyl (C=S) groups is 1. The highest BCUT2D eigenvalue weighted by atomic mass is 32.1. The molecule has 0 bridgehead atoms. The van der Waals surface area contributed by atoms with Gasteiger partial charge in [-0.15, -0.1) is 0 Å². The van der Waals surface area contributed by atoms with Crippen LogP contribution >= 0.6 is 12.2 Å². The summed E-state index contributed by atoms with van der Waals surface area (Å²) < 4.78 is 18.5. The monoisotopic (exact) mass is 318 g/mol. The molecule has 0 saturated heterocycles. The summed E-state index contributed by atoms with van der Waals surface area (Å²) in [4.78, 5) is 0. The van der Waals surface area contributed by atoms with Crippen molar-refractivity contribution in [3.8, 4) is 5.75 Å². The van der Waals surface area contributed by atoms with E-state index < -0.39 is 0 Å². The molecule has 2 aromatic rings. The highest BCUT2D eigenvalue weighted by molar-refractivity contribution is 7.80. The highest BCUT2D eigenvalue weighted by Crippen LogP contribution is 2.18. The van der Waals surface area contributed by atoms with Gasteiger partial charge in [0.25, 0.3) is 0 Å². The van der Waals surface area contributed by atoms with Crippen molar-refractivity contribution < 1.29 is 9.13 Å². The molecule has 0 saturated carbocycles. The Labute approximate surface area is 135 Å². The van der Waals surface area contributed by atoms with Crippen molar-refractivity contribution in [1.29, 1.82) is 0 Å². The third-order valence-electron chi connectivity index (χ3n) is 3.12. The fourth-order valence-electron chi connectivity index (χ4n) is 2.03. The van der Waals surface area contributed by atoms with Gasteiger partial charge in [-0.05, 0) is 62.0 Å². The zero-order chi connectivity index (χ0) is 15.9. The number of hydrogen-bond donors (Lipinski definition) is 2. The van der Waals surface area contributed by atoms with Crippen LogP contribution in [0.1, 0.15) is 25.5 Å². The van der Waals surface area contributed by atoms with Gasteiger partial charge in [0.15, 0.2) is 5.11 Å². The Morgan fingerprint density at radius 2 is 1.95 bits per heavy atom. The van der Waals surface area contributed by atoms with Crippen molar-refractivity contribution in [2.75, 3.05) is 11.9 Å². The maximum atomic E-state index is 13.1.